The van der Waals surface area contributed by atoms with Crippen LogP contribution in [0.3, 0.4) is 0 Å². The molecule has 3 N–H and O–H groups in total. The monoisotopic (exact) mass is 575 g/mol. The zero-order valence-electron chi connectivity index (χ0n) is 25.4. The Morgan fingerprint density at radius 2 is 1.69 bits per heavy atom. The van der Waals surface area contributed by atoms with Gasteiger partial charge >= 0.3 is 0 Å². The highest BCUT2D eigenvalue weighted by Crippen LogP contribution is 2.42. The number of aryl methyl sites for hydroxylation is 3. The molecule has 1 atom stereocenters. The summed E-state index contributed by atoms with van der Waals surface area (Å²) in [6, 6.07) is 4.73. The van der Waals surface area contributed by atoms with E-state index in [1.165, 1.54) is 38.5 Å². The summed E-state index contributed by atoms with van der Waals surface area (Å²) >= 11 is 0. The van der Waals surface area contributed by atoms with Crippen molar-refractivity contribution in [1.29, 1.82) is 0 Å². The van der Waals surface area contributed by atoms with Crippen molar-refractivity contribution < 1.29 is 14.3 Å². The number of hydrogen-bond donors (Lipinski definition) is 3. The molecule has 2 amide bonds. The van der Waals surface area contributed by atoms with Gasteiger partial charge in [-0.1, -0.05) is 64.2 Å². The summed E-state index contributed by atoms with van der Waals surface area (Å²) in [6.45, 7) is 6.42. The van der Waals surface area contributed by atoms with Crippen molar-refractivity contribution in [3.05, 3.63) is 41.5 Å². The maximum absolute atomic E-state index is 14.3. The van der Waals surface area contributed by atoms with Gasteiger partial charge in [-0.25, -0.2) is 0 Å². The molecule has 0 aromatic carbocycles. The van der Waals surface area contributed by atoms with E-state index in [1.54, 1.807) is 30.1 Å². The molecule has 42 heavy (non-hydrogen) atoms. The van der Waals surface area contributed by atoms with E-state index < -0.39 is 6.04 Å². The Labute approximate surface area is 248 Å². The van der Waals surface area contributed by atoms with Gasteiger partial charge in [-0.15, -0.1) is 0 Å². The molecule has 10 heteroatoms. The van der Waals surface area contributed by atoms with E-state index in [-0.39, 0.29) is 17.7 Å². The molecule has 2 fully saturated rings. The van der Waals surface area contributed by atoms with Crippen molar-refractivity contribution in [2.24, 2.45) is 17.8 Å². The van der Waals surface area contributed by atoms with Crippen LogP contribution in [0.25, 0.3) is 11.1 Å². The predicted octanol–water partition coefficient (Wildman–Crippen LogP) is 5.83. The lowest BCUT2D eigenvalue weighted by atomic mass is 9.66. The third-order valence-corrected chi connectivity index (χ3v) is 9.29. The number of aromatic amines is 1. The third kappa shape index (κ3) is 6.37. The highest BCUT2D eigenvalue weighted by molar-refractivity contribution is 6.00. The van der Waals surface area contributed by atoms with Gasteiger partial charge in [0.25, 0.3) is 5.91 Å². The first kappa shape index (κ1) is 29.8. The summed E-state index contributed by atoms with van der Waals surface area (Å²) in [4.78, 5) is 32.6. The van der Waals surface area contributed by atoms with Crippen LogP contribution < -0.4 is 15.4 Å². The fourth-order valence-corrected chi connectivity index (χ4v) is 7.30. The molecule has 3 aromatic rings. The SMILES string of the molecule is CCn1nccc1C(=O)N[C@H](C(=O)Nc1ccc(-c2c(C)n[nH]c2C)c(OC)n1)C(C1CCCCC1)C1CCCCC1. The highest BCUT2D eigenvalue weighted by Gasteiger charge is 2.41. The fraction of sp³-hybridized carbons (Fsp3) is 0.594. The smallest absolute Gasteiger partial charge is 0.270 e. The van der Waals surface area contributed by atoms with Gasteiger partial charge in [-0.2, -0.15) is 15.2 Å². The second kappa shape index (κ2) is 13.5. The number of carbonyl (C=O) groups is 2. The summed E-state index contributed by atoms with van der Waals surface area (Å²) in [5.74, 6) is 1.15. The third-order valence-electron chi connectivity index (χ3n) is 9.29. The minimum atomic E-state index is -0.685. The van der Waals surface area contributed by atoms with Crippen LogP contribution in [0.1, 0.15) is 93.0 Å². The highest BCUT2D eigenvalue weighted by atomic mass is 16.5. The Hall–Kier alpha value is -3.69. The molecule has 2 aliphatic rings. The molecular weight excluding hydrogens is 530 g/mol. The molecule has 226 valence electrons. The van der Waals surface area contributed by atoms with E-state index in [2.05, 4.69) is 30.9 Å². The van der Waals surface area contributed by atoms with E-state index in [9.17, 15) is 9.59 Å². The minimum absolute atomic E-state index is 0.0601. The molecule has 2 aliphatic carbocycles. The fourth-order valence-electron chi connectivity index (χ4n) is 7.30. The van der Waals surface area contributed by atoms with Crippen LogP contribution in [0.4, 0.5) is 5.82 Å². The lowest BCUT2D eigenvalue weighted by molar-refractivity contribution is -0.121. The lowest BCUT2D eigenvalue weighted by Gasteiger charge is -2.41. The largest absolute Gasteiger partial charge is 0.480 e. The Bertz CT molecular complexity index is 1330. The molecular formula is C32H45N7O3. The van der Waals surface area contributed by atoms with E-state index in [4.69, 9.17) is 4.74 Å². The topological polar surface area (TPSA) is 127 Å². The molecule has 3 heterocycles. The first-order valence-electron chi connectivity index (χ1n) is 15.6. The van der Waals surface area contributed by atoms with Crippen molar-refractivity contribution in [3.63, 3.8) is 0 Å². The van der Waals surface area contributed by atoms with Gasteiger partial charge in [0.1, 0.15) is 17.6 Å². The Kier molecular flexibility index (Phi) is 9.59. The minimum Gasteiger partial charge on any atom is -0.480 e. The maximum atomic E-state index is 14.3. The van der Waals surface area contributed by atoms with Crippen LogP contribution in [-0.4, -0.2) is 49.9 Å². The van der Waals surface area contributed by atoms with Gasteiger partial charge in [-0.3, -0.25) is 19.4 Å². The van der Waals surface area contributed by atoms with Crippen LogP contribution in [0.5, 0.6) is 5.88 Å². The van der Waals surface area contributed by atoms with Crippen molar-refractivity contribution >= 4 is 17.6 Å². The summed E-state index contributed by atoms with van der Waals surface area (Å²) in [6.07, 6.45) is 13.2. The Balaban J connectivity index is 1.47. The average molecular weight is 576 g/mol. The zero-order chi connectivity index (χ0) is 29.6. The van der Waals surface area contributed by atoms with Crippen LogP contribution in [0.2, 0.25) is 0 Å². The van der Waals surface area contributed by atoms with E-state index in [0.717, 1.165) is 48.2 Å². The van der Waals surface area contributed by atoms with Gasteiger partial charge in [0.15, 0.2) is 0 Å². The van der Waals surface area contributed by atoms with Crippen molar-refractivity contribution in [2.75, 3.05) is 12.4 Å². The molecule has 2 saturated carbocycles. The molecule has 0 aliphatic heterocycles. The second-order valence-corrected chi connectivity index (χ2v) is 11.9. The van der Waals surface area contributed by atoms with Crippen LogP contribution in [0, 0.1) is 31.6 Å². The number of aromatic nitrogens is 5. The summed E-state index contributed by atoms with van der Waals surface area (Å²) in [7, 11) is 1.57. The molecule has 5 rings (SSSR count). The van der Waals surface area contributed by atoms with Gasteiger partial charge in [0.05, 0.1) is 12.8 Å². The van der Waals surface area contributed by atoms with Crippen molar-refractivity contribution in [1.82, 2.24) is 30.3 Å². The van der Waals surface area contributed by atoms with Crippen LogP contribution in [0.15, 0.2) is 24.4 Å². The van der Waals surface area contributed by atoms with Gasteiger partial charge in [0, 0.05) is 29.6 Å². The van der Waals surface area contributed by atoms with Gasteiger partial charge < -0.3 is 15.4 Å². The van der Waals surface area contributed by atoms with Gasteiger partial charge in [0.2, 0.25) is 11.8 Å². The summed E-state index contributed by atoms with van der Waals surface area (Å²) in [5, 5.41) is 17.9. The summed E-state index contributed by atoms with van der Waals surface area (Å²) in [5.41, 5.74) is 3.97. The molecule has 0 saturated heterocycles. The zero-order valence-corrected chi connectivity index (χ0v) is 25.4. The Morgan fingerprint density at radius 1 is 1.02 bits per heavy atom. The first-order valence-corrected chi connectivity index (χ1v) is 15.6. The molecule has 10 nitrogen and oxygen atoms in total. The maximum Gasteiger partial charge on any atom is 0.270 e. The molecule has 0 spiro atoms. The number of nitrogens with one attached hydrogen (secondary N) is 3. The van der Waals surface area contributed by atoms with Crippen LogP contribution >= 0.6 is 0 Å². The number of rotatable bonds is 10. The molecule has 0 bridgehead atoms. The number of methoxy groups -OCH3 is 1. The van der Waals surface area contributed by atoms with Crippen molar-refractivity contribution in [3.8, 4) is 17.0 Å². The molecule has 3 aromatic heterocycles. The number of anilines is 1. The number of carbonyl (C=O) groups excluding carboxylic acids is 2. The average Bonchev–Trinajstić information content (AvgIpc) is 3.63. The second-order valence-electron chi connectivity index (χ2n) is 11.9. The van der Waals surface area contributed by atoms with E-state index >= 15 is 0 Å². The number of hydrogen-bond acceptors (Lipinski definition) is 6. The normalized spacial score (nSPS) is 17.3. The number of pyridine rings is 1. The van der Waals surface area contributed by atoms with Crippen molar-refractivity contribution in [2.45, 2.75) is 97.6 Å². The number of amides is 2. The predicted molar refractivity (Wildman–Crippen MR) is 162 cm³/mol. The standard InChI is InChI=1S/C32H45N7O3/c1-5-39-25(18-19-33-39)30(40)36-29(28(22-12-8-6-9-13-22)23-14-10-7-11-15-23)31(41)34-26-17-16-24(32(35-26)42-4)27-20(2)37-38-21(27)3/h16-19,22-23,28-29H,5-15H2,1-4H3,(H,36,40)(H,37,38)(H,34,35,41)/t29-/m0/s1. The number of ether oxygens (including phenoxy) is 1. The summed E-state index contributed by atoms with van der Waals surface area (Å²) < 4.78 is 7.33. The number of nitrogens with zero attached hydrogens (tertiary/aromatic N) is 4. The van der Waals surface area contributed by atoms with E-state index in [1.807, 2.05) is 26.8 Å². The van der Waals surface area contributed by atoms with Crippen LogP contribution in [-0.2, 0) is 11.3 Å². The van der Waals surface area contributed by atoms with Gasteiger partial charge in [-0.05, 0) is 56.7 Å². The Morgan fingerprint density at radius 3 is 2.26 bits per heavy atom. The first-order chi connectivity index (χ1) is 20.4. The number of H-pyrrole nitrogens is 1. The lowest BCUT2D eigenvalue weighted by Crippen LogP contribution is -2.53. The van der Waals surface area contributed by atoms with E-state index in [0.29, 0.717) is 35.8 Å². The molecule has 0 unspecified atom stereocenters. The molecule has 0 radical (unpaired) electrons. The quantitative estimate of drug-likeness (QED) is 0.279.